The predicted molar refractivity (Wildman–Crippen MR) is 196 cm³/mol. The number of H-pyrrole nitrogens is 1. The summed E-state index contributed by atoms with van der Waals surface area (Å²) in [5.41, 5.74) is 0.212. The first-order valence-electron chi connectivity index (χ1n) is 16.9. The second kappa shape index (κ2) is 16.3. The van der Waals surface area contributed by atoms with Gasteiger partial charge in [-0.1, -0.05) is 30.3 Å². The van der Waals surface area contributed by atoms with E-state index in [1.807, 2.05) is 59.3 Å². The normalized spacial score (nSPS) is 17.3. The van der Waals surface area contributed by atoms with E-state index in [1.165, 1.54) is 34.8 Å². The smallest absolute Gasteiger partial charge is 0.347 e. The maximum atomic E-state index is 12.7. The van der Waals surface area contributed by atoms with Gasteiger partial charge in [0.2, 0.25) is 11.2 Å². The number of aromatic hydroxyl groups is 1. The molecule has 1 saturated carbocycles. The van der Waals surface area contributed by atoms with Crippen LogP contribution in [0, 0.1) is 0 Å². The molecule has 0 bridgehead atoms. The van der Waals surface area contributed by atoms with Crippen molar-refractivity contribution in [2.24, 2.45) is 0 Å². The molecule has 0 radical (unpaired) electrons. The van der Waals surface area contributed by atoms with Gasteiger partial charge in [0.05, 0.1) is 34.1 Å². The highest BCUT2D eigenvalue weighted by molar-refractivity contribution is 7.12. The molecule has 3 heterocycles. The van der Waals surface area contributed by atoms with Gasteiger partial charge in [0.15, 0.2) is 0 Å². The molecule has 50 heavy (non-hydrogen) atoms. The second-order valence-electron chi connectivity index (χ2n) is 12.7. The zero-order chi connectivity index (χ0) is 35.1. The highest BCUT2D eigenvalue weighted by Gasteiger charge is 2.48. The molecule has 0 aliphatic heterocycles. The van der Waals surface area contributed by atoms with Gasteiger partial charge in [-0.15, -0.1) is 22.7 Å². The minimum Gasteiger partial charge on any atom is -0.506 e. The zero-order valence-electron chi connectivity index (χ0n) is 27.9. The van der Waals surface area contributed by atoms with Crippen molar-refractivity contribution in [2.75, 3.05) is 26.7 Å². The van der Waals surface area contributed by atoms with Gasteiger partial charge in [-0.05, 0) is 97.4 Å². The SMILES string of the molecule is CN(CCCOc1ccc(CNC[C@H](O)c2ccc(O)c3[nH]c(=O)ccc23)cc1)C1CCC(OC(C(=O)O)(c2cccs2)c2cccs2)CC1. The molecular weight excluding hydrogens is 675 g/mol. The fraction of sp³-hybridized carbons (Fsp3) is 0.368. The molecule has 0 amide bonds. The van der Waals surface area contributed by atoms with E-state index in [4.69, 9.17) is 9.47 Å². The molecule has 0 saturated heterocycles. The Balaban J connectivity index is 0.908. The first-order valence-corrected chi connectivity index (χ1v) is 18.7. The number of carbonyl (C=O) groups is 1. The van der Waals surface area contributed by atoms with Gasteiger partial charge < -0.3 is 40.0 Å². The number of phenolic OH excluding ortho intramolecular Hbond substituents is 1. The molecule has 1 aliphatic rings. The van der Waals surface area contributed by atoms with Crippen LogP contribution in [0.4, 0.5) is 0 Å². The van der Waals surface area contributed by atoms with Gasteiger partial charge >= 0.3 is 5.97 Å². The van der Waals surface area contributed by atoms with Crippen molar-refractivity contribution in [3.8, 4) is 11.5 Å². The van der Waals surface area contributed by atoms with E-state index in [1.54, 1.807) is 12.1 Å². The largest absolute Gasteiger partial charge is 0.506 e. The van der Waals surface area contributed by atoms with Crippen molar-refractivity contribution in [2.45, 2.75) is 62.5 Å². The first kappa shape index (κ1) is 35.8. The molecule has 0 unspecified atom stereocenters. The lowest BCUT2D eigenvalue weighted by Crippen LogP contribution is -2.44. The molecule has 6 rings (SSSR count). The highest BCUT2D eigenvalue weighted by atomic mass is 32.1. The van der Waals surface area contributed by atoms with Gasteiger partial charge in [0.25, 0.3) is 0 Å². The third kappa shape index (κ3) is 8.12. The maximum absolute atomic E-state index is 12.7. The van der Waals surface area contributed by atoms with Crippen LogP contribution in [0.25, 0.3) is 10.9 Å². The number of nitrogens with zero attached hydrogens (tertiary/aromatic N) is 1. The number of fused-ring (bicyclic) bond motifs is 1. The topological polar surface area (TPSA) is 144 Å². The number of aliphatic hydroxyl groups is 1. The minimum atomic E-state index is -1.46. The number of aliphatic hydroxyl groups excluding tert-OH is 1. The molecule has 2 aromatic carbocycles. The molecule has 10 nitrogen and oxygen atoms in total. The third-order valence-electron chi connectivity index (χ3n) is 9.43. The third-order valence-corrected chi connectivity index (χ3v) is 11.4. The number of carboxylic acid groups (broad SMARTS) is 1. The van der Waals surface area contributed by atoms with E-state index >= 15 is 0 Å². The molecule has 1 aliphatic carbocycles. The van der Waals surface area contributed by atoms with Gasteiger partial charge in [0.1, 0.15) is 11.5 Å². The average molecular weight is 718 g/mol. The molecule has 5 aromatic rings. The second-order valence-corrected chi connectivity index (χ2v) is 14.6. The molecule has 264 valence electrons. The Hall–Kier alpha value is -4.04. The fourth-order valence-electron chi connectivity index (χ4n) is 6.71. The highest BCUT2D eigenvalue weighted by Crippen LogP contribution is 2.42. The standard InChI is InChI=1S/C38H43N3O7S2/c1-41(26-9-13-28(14-10-26)48-38(37(45)46,33-5-2-21-49-33)34-6-3-22-50-34)19-4-20-47-27-11-7-25(8-12-27)23-39-24-32(43)29-15-17-31(42)36-30(29)16-18-35(44)40-36/h2-3,5-8,11-12,15-18,21-22,26,28,32,39,42-43H,4,9-10,13-14,19-20,23-24H2,1H3,(H,40,44)(H,45,46)/t26?,28?,32-/m0/s1. The number of thiophene rings is 2. The van der Waals surface area contributed by atoms with Crippen molar-refractivity contribution < 1.29 is 29.6 Å². The van der Waals surface area contributed by atoms with Crippen LogP contribution in [0.5, 0.6) is 11.5 Å². The van der Waals surface area contributed by atoms with Crippen molar-refractivity contribution in [1.29, 1.82) is 0 Å². The van der Waals surface area contributed by atoms with Crippen molar-refractivity contribution >= 4 is 39.5 Å². The summed E-state index contributed by atoms with van der Waals surface area (Å²) >= 11 is 2.84. The number of aromatic amines is 1. The van der Waals surface area contributed by atoms with Gasteiger partial charge in [-0.2, -0.15) is 0 Å². The van der Waals surface area contributed by atoms with Crippen LogP contribution in [0.2, 0.25) is 0 Å². The Morgan fingerprint density at radius 3 is 2.34 bits per heavy atom. The van der Waals surface area contributed by atoms with Crippen LogP contribution in [0.1, 0.15) is 59.1 Å². The molecule has 1 atom stereocenters. The quantitative estimate of drug-likeness (QED) is 0.0750. The lowest BCUT2D eigenvalue weighted by atomic mass is 9.90. The number of rotatable bonds is 16. The fourth-order valence-corrected chi connectivity index (χ4v) is 8.52. The monoisotopic (exact) mass is 717 g/mol. The lowest BCUT2D eigenvalue weighted by molar-refractivity contribution is -0.170. The van der Waals surface area contributed by atoms with Crippen LogP contribution >= 0.6 is 22.7 Å². The molecule has 12 heteroatoms. The summed E-state index contributed by atoms with van der Waals surface area (Å²) in [5.74, 6) is -0.200. The molecular formula is C38H43N3O7S2. The predicted octanol–water partition coefficient (Wildman–Crippen LogP) is 6.24. The maximum Gasteiger partial charge on any atom is 0.347 e. The number of ether oxygens (including phenoxy) is 2. The Labute approximate surface area is 298 Å². The van der Waals surface area contributed by atoms with Crippen molar-refractivity contribution in [1.82, 2.24) is 15.2 Å². The molecule has 0 spiro atoms. The lowest BCUT2D eigenvalue weighted by Gasteiger charge is -2.38. The number of phenols is 1. The summed E-state index contributed by atoms with van der Waals surface area (Å²) in [6, 6.07) is 21.9. The zero-order valence-corrected chi connectivity index (χ0v) is 29.6. The van der Waals surface area contributed by atoms with Crippen LogP contribution in [0.15, 0.2) is 88.4 Å². The number of hydrogen-bond acceptors (Lipinski definition) is 10. The van der Waals surface area contributed by atoms with Crippen molar-refractivity contribution in [3.63, 3.8) is 0 Å². The average Bonchev–Trinajstić information content (AvgIpc) is 3.87. The van der Waals surface area contributed by atoms with Crippen LogP contribution in [-0.4, -0.2) is 70.1 Å². The van der Waals surface area contributed by atoms with E-state index in [0.29, 0.717) is 52.0 Å². The van der Waals surface area contributed by atoms with Crippen LogP contribution in [0.3, 0.4) is 0 Å². The summed E-state index contributed by atoms with van der Waals surface area (Å²) in [6.07, 6.45) is 3.46. The number of carboxylic acids is 1. The Bertz CT molecular complexity index is 1850. The van der Waals surface area contributed by atoms with Gasteiger partial charge in [-0.3, -0.25) is 4.79 Å². The van der Waals surface area contributed by atoms with E-state index in [2.05, 4.69) is 22.2 Å². The van der Waals surface area contributed by atoms with E-state index < -0.39 is 17.7 Å². The Kier molecular flexibility index (Phi) is 11.7. The van der Waals surface area contributed by atoms with E-state index in [9.17, 15) is 24.9 Å². The summed E-state index contributed by atoms with van der Waals surface area (Å²) in [5, 5.41) is 39.0. The number of pyridine rings is 1. The summed E-state index contributed by atoms with van der Waals surface area (Å²) in [4.78, 5) is 30.8. The number of aliphatic carboxylic acids is 1. The van der Waals surface area contributed by atoms with Crippen LogP contribution < -0.4 is 15.6 Å². The summed E-state index contributed by atoms with van der Waals surface area (Å²) in [7, 11) is 2.15. The molecule has 5 N–H and O–H groups in total. The molecule has 3 aromatic heterocycles. The van der Waals surface area contributed by atoms with E-state index in [0.717, 1.165) is 50.0 Å². The summed E-state index contributed by atoms with van der Waals surface area (Å²) < 4.78 is 12.6. The van der Waals surface area contributed by atoms with Gasteiger partial charge in [0, 0.05) is 37.1 Å². The Morgan fingerprint density at radius 1 is 1.00 bits per heavy atom. The number of hydrogen-bond donors (Lipinski definition) is 5. The number of nitrogens with one attached hydrogen (secondary N) is 2. The van der Waals surface area contributed by atoms with Crippen LogP contribution in [-0.2, 0) is 21.7 Å². The number of benzene rings is 2. The number of aromatic nitrogens is 1. The molecule has 1 fully saturated rings. The first-order chi connectivity index (χ1) is 24.2. The minimum absolute atomic E-state index is 0.0354. The van der Waals surface area contributed by atoms with E-state index in [-0.39, 0.29) is 17.4 Å². The Morgan fingerprint density at radius 2 is 1.70 bits per heavy atom. The van der Waals surface area contributed by atoms with Gasteiger partial charge in [-0.25, -0.2) is 4.79 Å². The summed E-state index contributed by atoms with van der Waals surface area (Å²) in [6.45, 7) is 2.35. The van der Waals surface area contributed by atoms with Crippen molar-refractivity contribution in [3.05, 3.63) is 115 Å².